The molecule has 0 bridgehead atoms. The molecule has 0 fully saturated rings. The van der Waals surface area contributed by atoms with Crippen LogP contribution in [0.25, 0.3) is 5.69 Å². The Balaban J connectivity index is 2.35. The van der Waals surface area contributed by atoms with Gasteiger partial charge in [-0.1, -0.05) is 26.0 Å². The Hall–Kier alpha value is -1.75. The maximum absolute atomic E-state index is 4.11. The van der Waals surface area contributed by atoms with E-state index in [-0.39, 0.29) is 6.04 Å². The van der Waals surface area contributed by atoms with Crippen LogP contribution in [-0.4, -0.2) is 26.8 Å². The van der Waals surface area contributed by atoms with Gasteiger partial charge in [-0.25, -0.2) is 0 Å². The molecule has 1 aromatic carbocycles. The molecule has 0 aliphatic carbocycles. The third kappa shape index (κ3) is 2.56. The number of hydrogen-bond donors (Lipinski definition) is 1. The molecule has 0 saturated heterocycles. The van der Waals surface area contributed by atoms with E-state index in [1.807, 2.05) is 12.1 Å². The molecule has 1 atom stereocenters. The summed E-state index contributed by atoms with van der Waals surface area (Å²) in [7, 11) is 0. The molecule has 0 amide bonds. The smallest absolute Gasteiger partial charge is 0.173 e. The van der Waals surface area contributed by atoms with Crippen molar-refractivity contribution in [2.75, 3.05) is 6.54 Å². The Morgan fingerprint density at radius 3 is 2.89 bits per heavy atom. The average Bonchev–Trinajstić information content (AvgIpc) is 2.88. The van der Waals surface area contributed by atoms with Gasteiger partial charge in [-0.15, -0.1) is 5.10 Å². The van der Waals surface area contributed by atoms with Gasteiger partial charge >= 0.3 is 0 Å². The maximum atomic E-state index is 4.11. The Kier molecular flexibility index (Phi) is 4.04. The molecule has 0 aliphatic rings. The summed E-state index contributed by atoms with van der Waals surface area (Å²) in [6.07, 6.45) is 1.01. The Labute approximate surface area is 107 Å². The van der Waals surface area contributed by atoms with Gasteiger partial charge in [0.2, 0.25) is 0 Å². The van der Waals surface area contributed by atoms with Crippen LogP contribution in [0, 0.1) is 0 Å². The molecular formula is C13H19N5. The molecule has 96 valence electrons. The molecule has 0 aliphatic heterocycles. The predicted molar refractivity (Wildman–Crippen MR) is 70.6 cm³/mol. The summed E-state index contributed by atoms with van der Waals surface area (Å²) in [6.45, 7) is 7.17. The van der Waals surface area contributed by atoms with Crippen molar-refractivity contribution >= 4 is 0 Å². The molecule has 0 saturated carbocycles. The van der Waals surface area contributed by atoms with Gasteiger partial charge in [-0.2, -0.15) is 4.68 Å². The Morgan fingerprint density at radius 2 is 2.17 bits per heavy atom. The first kappa shape index (κ1) is 12.7. The van der Waals surface area contributed by atoms with Crippen LogP contribution in [-0.2, 0) is 6.42 Å². The number of aromatic nitrogens is 4. The summed E-state index contributed by atoms with van der Waals surface area (Å²) in [5.74, 6) is 0.838. The van der Waals surface area contributed by atoms with E-state index in [2.05, 4.69) is 53.7 Å². The van der Waals surface area contributed by atoms with E-state index in [9.17, 15) is 0 Å². The quantitative estimate of drug-likeness (QED) is 0.874. The van der Waals surface area contributed by atoms with Crippen molar-refractivity contribution in [3.05, 3.63) is 35.7 Å². The van der Waals surface area contributed by atoms with Crippen LogP contribution < -0.4 is 5.32 Å². The monoisotopic (exact) mass is 245 g/mol. The van der Waals surface area contributed by atoms with Gasteiger partial charge in [0.15, 0.2) is 5.82 Å². The molecule has 1 aromatic heterocycles. The highest BCUT2D eigenvalue weighted by Crippen LogP contribution is 2.15. The minimum atomic E-state index is 0.135. The van der Waals surface area contributed by atoms with Crippen molar-refractivity contribution in [1.29, 1.82) is 0 Å². The number of nitrogens with zero attached hydrogens (tertiary/aromatic N) is 4. The second-order valence-corrected chi connectivity index (χ2v) is 4.25. The summed E-state index contributed by atoms with van der Waals surface area (Å²) >= 11 is 0. The average molecular weight is 245 g/mol. The van der Waals surface area contributed by atoms with E-state index >= 15 is 0 Å². The number of tetrazole rings is 1. The van der Waals surface area contributed by atoms with E-state index in [0.29, 0.717) is 0 Å². The first-order valence-electron chi connectivity index (χ1n) is 6.37. The Bertz CT molecular complexity index is 506. The van der Waals surface area contributed by atoms with E-state index in [0.717, 1.165) is 24.5 Å². The SMILES string of the molecule is CCNC(C)c1nnnn1-c1cccc(CC)c1. The van der Waals surface area contributed by atoms with E-state index in [4.69, 9.17) is 0 Å². The van der Waals surface area contributed by atoms with Gasteiger partial charge in [0.05, 0.1) is 11.7 Å². The van der Waals surface area contributed by atoms with Gasteiger partial charge in [-0.3, -0.25) is 0 Å². The molecule has 2 rings (SSSR count). The number of aryl methyl sites for hydroxylation is 1. The van der Waals surface area contributed by atoms with Crippen LogP contribution >= 0.6 is 0 Å². The lowest BCUT2D eigenvalue weighted by Crippen LogP contribution is -2.21. The molecular weight excluding hydrogens is 226 g/mol. The van der Waals surface area contributed by atoms with E-state index in [1.165, 1.54) is 5.56 Å². The zero-order chi connectivity index (χ0) is 13.0. The van der Waals surface area contributed by atoms with Crippen molar-refractivity contribution < 1.29 is 0 Å². The lowest BCUT2D eigenvalue weighted by Gasteiger charge is -2.12. The molecule has 0 spiro atoms. The van der Waals surface area contributed by atoms with Gasteiger partial charge in [0.1, 0.15) is 0 Å². The lowest BCUT2D eigenvalue weighted by molar-refractivity contribution is 0.550. The van der Waals surface area contributed by atoms with Crippen molar-refractivity contribution in [3.63, 3.8) is 0 Å². The van der Waals surface area contributed by atoms with Crippen molar-refractivity contribution in [3.8, 4) is 5.69 Å². The standard InChI is InChI=1S/C13H19N5/c1-4-11-7-6-8-12(9-11)18-13(15-16-17-18)10(3)14-5-2/h6-10,14H,4-5H2,1-3H3. The second kappa shape index (κ2) is 5.73. The molecule has 5 heteroatoms. The predicted octanol–water partition coefficient (Wildman–Crippen LogP) is 1.90. The van der Waals surface area contributed by atoms with Crippen LogP contribution in [0.4, 0.5) is 0 Å². The van der Waals surface area contributed by atoms with Gasteiger partial charge in [-0.05, 0) is 48.0 Å². The molecule has 1 N–H and O–H groups in total. The summed E-state index contributed by atoms with van der Waals surface area (Å²) in [6, 6.07) is 8.44. The van der Waals surface area contributed by atoms with Crippen LogP contribution in [0.3, 0.4) is 0 Å². The number of nitrogens with one attached hydrogen (secondary N) is 1. The highest BCUT2D eigenvalue weighted by Gasteiger charge is 2.14. The minimum absolute atomic E-state index is 0.135. The summed E-state index contributed by atoms with van der Waals surface area (Å²) in [5.41, 5.74) is 2.30. The third-order valence-electron chi connectivity index (χ3n) is 2.95. The van der Waals surface area contributed by atoms with Crippen LogP contribution in [0.15, 0.2) is 24.3 Å². The number of benzene rings is 1. The number of hydrogen-bond acceptors (Lipinski definition) is 4. The van der Waals surface area contributed by atoms with Crippen LogP contribution in [0.2, 0.25) is 0 Å². The topological polar surface area (TPSA) is 55.6 Å². The van der Waals surface area contributed by atoms with Gasteiger partial charge in [0, 0.05) is 0 Å². The fourth-order valence-corrected chi connectivity index (χ4v) is 1.95. The summed E-state index contributed by atoms with van der Waals surface area (Å²) < 4.78 is 1.80. The molecule has 1 heterocycles. The van der Waals surface area contributed by atoms with E-state index in [1.54, 1.807) is 4.68 Å². The molecule has 5 nitrogen and oxygen atoms in total. The van der Waals surface area contributed by atoms with Gasteiger partial charge in [0.25, 0.3) is 0 Å². The molecule has 2 aromatic rings. The van der Waals surface area contributed by atoms with Crippen molar-refractivity contribution in [1.82, 2.24) is 25.5 Å². The first-order valence-corrected chi connectivity index (χ1v) is 6.37. The fraction of sp³-hybridized carbons (Fsp3) is 0.462. The third-order valence-corrected chi connectivity index (χ3v) is 2.95. The molecule has 1 unspecified atom stereocenters. The molecule has 18 heavy (non-hydrogen) atoms. The number of rotatable bonds is 5. The van der Waals surface area contributed by atoms with Gasteiger partial charge < -0.3 is 5.32 Å². The highest BCUT2D eigenvalue weighted by atomic mass is 15.5. The van der Waals surface area contributed by atoms with Crippen molar-refractivity contribution in [2.45, 2.75) is 33.2 Å². The fourth-order valence-electron chi connectivity index (χ4n) is 1.95. The zero-order valence-electron chi connectivity index (χ0n) is 11.1. The minimum Gasteiger partial charge on any atom is -0.308 e. The van der Waals surface area contributed by atoms with Crippen LogP contribution in [0.1, 0.15) is 38.2 Å². The molecule has 0 radical (unpaired) electrons. The van der Waals surface area contributed by atoms with Crippen molar-refractivity contribution in [2.24, 2.45) is 0 Å². The van der Waals surface area contributed by atoms with E-state index < -0.39 is 0 Å². The largest absolute Gasteiger partial charge is 0.308 e. The summed E-state index contributed by atoms with van der Waals surface area (Å²) in [5, 5.41) is 15.3. The maximum Gasteiger partial charge on any atom is 0.173 e. The zero-order valence-corrected chi connectivity index (χ0v) is 11.1. The van der Waals surface area contributed by atoms with Crippen LogP contribution in [0.5, 0.6) is 0 Å². The normalized spacial score (nSPS) is 12.6. The highest BCUT2D eigenvalue weighted by molar-refractivity contribution is 5.35. The first-order chi connectivity index (χ1) is 8.76. The second-order valence-electron chi connectivity index (χ2n) is 4.25. The Morgan fingerprint density at radius 1 is 1.33 bits per heavy atom. The summed E-state index contributed by atoms with van der Waals surface area (Å²) in [4.78, 5) is 0. The lowest BCUT2D eigenvalue weighted by atomic mass is 10.1.